The van der Waals surface area contributed by atoms with Crippen molar-refractivity contribution < 1.29 is 9.21 Å². The van der Waals surface area contributed by atoms with E-state index in [2.05, 4.69) is 4.98 Å². The number of halogens is 2. The molecule has 1 amide bonds. The lowest BCUT2D eigenvalue weighted by atomic mass is 10.1. The van der Waals surface area contributed by atoms with Crippen molar-refractivity contribution in [1.29, 1.82) is 0 Å². The maximum Gasteiger partial charge on any atom is 0.254 e. The zero-order valence-corrected chi connectivity index (χ0v) is 17.2. The number of hydrogen-bond acceptors (Lipinski definition) is 3. The molecule has 0 aliphatic rings. The number of aryl methyl sites for hydroxylation is 1. The van der Waals surface area contributed by atoms with Gasteiger partial charge in [-0.05, 0) is 55.0 Å². The van der Waals surface area contributed by atoms with Gasteiger partial charge in [-0.25, -0.2) is 4.98 Å². The third-order valence-corrected chi connectivity index (χ3v) is 5.00. The van der Waals surface area contributed by atoms with Crippen LogP contribution in [-0.4, -0.2) is 15.8 Å². The molecule has 4 rings (SSSR count). The van der Waals surface area contributed by atoms with Crippen LogP contribution in [0, 0.1) is 6.92 Å². The molecule has 0 unspecified atom stereocenters. The average Bonchev–Trinajstić information content (AvgIpc) is 3.08. The van der Waals surface area contributed by atoms with Crippen LogP contribution in [-0.2, 0) is 13.1 Å². The Balaban J connectivity index is 1.67. The third kappa shape index (κ3) is 4.61. The lowest BCUT2D eigenvalue weighted by Crippen LogP contribution is -2.30. The lowest BCUT2D eigenvalue weighted by Gasteiger charge is -2.22. The van der Waals surface area contributed by atoms with Crippen molar-refractivity contribution in [3.05, 3.63) is 99.4 Å². The van der Waals surface area contributed by atoms with Gasteiger partial charge in [0.25, 0.3) is 5.91 Å². The van der Waals surface area contributed by atoms with E-state index in [0.29, 0.717) is 39.1 Å². The molecule has 0 saturated heterocycles. The van der Waals surface area contributed by atoms with Gasteiger partial charge in [-0.2, -0.15) is 0 Å². The van der Waals surface area contributed by atoms with Crippen molar-refractivity contribution in [2.75, 3.05) is 0 Å². The minimum atomic E-state index is -0.103. The first-order valence-corrected chi connectivity index (χ1v) is 9.89. The van der Waals surface area contributed by atoms with E-state index < -0.39 is 0 Å². The third-order valence-electron chi connectivity index (χ3n) is 4.53. The van der Waals surface area contributed by atoms with Crippen molar-refractivity contribution in [2.45, 2.75) is 20.0 Å². The molecule has 0 bridgehead atoms. The standard InChI is InChI=1S/C23H18Cl2N2O2/c1-15-4-2-6-17(10-15)23(28)27(13-16-5-3-7-18(24)11-16)14-22-26-20-12-19(25)8-9-21(20)29-22/h2-12H,13-14H2,1H3. The fraction of sp³-hybridized carbons (Fsp3) is 0.130. The normalized spacial score (nSPS) is 11.0. The number of hydrogen-bond donors (Lipinski definition) is 0. The van der Waals surface area contributed by atoms with Crippen LogP contribution in [0.25, 0.3) is 11.1 Å². The molecule has 0 N–H and O–H groups in total. The Bertz CT molecular complexity index is 1190. The summed E-state index contributed by atoms with van der Waals surface area (Å²) in [6.07, 6.45) is 0. The second kappa shape index (κ2) is 8.27. The molecule has 4 nitrogen and oxygen atoms in total. The molecule has 29 heavy (non-hydrogen) atoms. The summed E-state index contributed by atoms with van der Waals surface area (Å²) in [5, 5.41) is 1.21. The highest BCUT2D eigenvalue weighted by Gasteiger charge is 2.20. The molecule has 0 aliphatic carbocycles. The van der Waals surface area contributed by atoms with Gasteiger partial charge in [0.2, 0.25) is 5.89 Å². The SMILES string of the molecule is Cc1cccc(C(=O)N(Cc2cccc(Cl)c2)Cc2nc3cc(Cl)ccc3o2)c1. The van der Waals surface area contributed by atoms with Crippen molar-refractivity contribution in [2.24, 2.45) is 0 Å². The van der Waals surface area contributed by atoms with E-state index in [1.807, 2.05) is 55.5 Å². The highest BCUT2D eigenvalue weighted by atomic mass is 35.5. The Hall–Kier alpha value is -2.82. The number of rotatable bonds is 5. The second-order valence-electron chi connectivity index (χ2n) is 6.88. The first-order chi connectivity index (χ1) is 14.0. The van der Waals surface area contributed by atoms with Crippen LogP contribution >= 0.6 is 23.2 Å². The Morgan fingerprint density at radius 3 is 2.55 bits per heavy atom. The molecular weight excluding hydrogens is 407 g/mol. The average molecular weight is 425 g/mol. The van der Waals surface area contributed by atoms with Gasteiger partial charge >= 0.3 is 0 Å². The minimum Gasteiger partial charge on any atom is -0.439 e. The largest absolute Gasteiger partial charge is 0.439 e. The molecule has 146 valence electrons. The van der Waals surface area contributed by atoms with Gasteiger partial charge in [0, 0.05) is 22.2 Å². The molecule has 4 aromatic rings. The fourth-order valence-corrected chi connectivity index (χ4v) is 3.57. The summed E-state index contributed by atoms with van der Waals surface area (Å²) >= 11 is 12.2. The van der Waals surface area contributed by atoms with Crippen LogP contribution in [0.2, 0.25) is 10.0 Å². The van der Waals surface area contributed by atoms with Crippen molar-refractivity contribution in [3.63, 3.8) is 0 Å². The van der Waals surface area contributed by atoms with E-state index in [0.717, 1.165) is 11.1 Å². The number of carbonyl (C=O) groups is 1. The predicted molar refractivity (Wildman–Crippen MR) is 115 cm³/mol. The molecular formula is C23H18Cl2N2O2. The van der Waals surface area contributed by atoms with Crippen LogP contribution in [0.3, 0.4) is 0 Å². The minimum absolute atomic E-state index is 0.103. The second-order valence-corrected chi connectivity index (χ2v) is 7.75. The number of fused-ring (bicyclic) bond motifs is 1. The van der Waals surface area contributed by atoms with Crippen LogP contribution < -0.4 is 0 Å². The summed E-state index contributed by atoms with van der Waals surface area (Å²) < 4.78 is 5.84. The van der Waals surface area contributed by atoms with Crippen molar-refractivity contribution in [3.8, 4) is 0 Å². The summed E-state index contributed by atoms with van der Waals surface area (Å²) in [5.74, 6) is 0.347. The monoisotopic (exact) mass is 424 g/mol. The van der Waals surface area contributed by atoms with Crippen molar-refractivity contribution >= 4 is 40.2 Å². The van der Waals surface area contributed by atoms with E-state index in [9.17, 15) is 4.79 Å². The summed E-state index contributed by atoms with van der Waals surface area (Å²) in [7, 11) is 0. The van der Waals surface area contributed by atoms with Gasteiger partial charge in [0.1, 0.15) is 5.52 Å². The molecule has 0 atom stereocenters. The zero-order valence-electron chi connectivity index (χ0n) is 15.7. The van der Waals surface area contributed by atoms with Gasteiger partial charge in [-0.1, -0.05) is 53.0 Å². The number of nitrogens with zero attached hydrogens (tertiary/aromatic N) is 2. The topological polar surface area (TPSA) is 46.3 Å². The molecule has 1 heterocycles. The number of carbonyl (C=O) groups excluding carboxylic acids is 1. The van der Waals surface area contributed by atoms with E-state index in [4.69, 9.17) is 27.6 Å². The Labute approximate surface area is 178 Å². The molecule has 0 spiro atoms. The molecule has 0 radical (unpaired) electrons. The first-order valence-electron chi connectivity index (χ1n) is 9.13. The number of amides is 1. The Morgan fingerprint density at radius 2 is 1.76 bits per heavy atom. The quantitative estimate of drug-likeness (QED) is 0.378. The lowest BCUT2D eigenvalue weighted by molar-refractivity contribution is 0.0715. The number of aromatic nitrogens is 1. The fourth-order valence-electron chi connectivity index (χ4n) is 3.20. The summed E-state index contributed by atoms with van der Waals surface area (Å²) in [6.45, 7) is 2.57. The number of oxazole rings is 1. The molecule has 3 aromatic carbocycles. The molecule has 6 heteroatoms. The molecule has 0 saturated carbocycles. The number of benzene rings is 3. The summed E-state index contributed by atoms with van der Waals surface area (Å²) in [5.41, 5.74) is 3.87. The van der Waals surface area contributed by atoms with Gasteiger partial charge in [0.15, 0.2) is 5.58 Å². The van der Waals surface area contributed by atoms with Crippen LogP contribution in [0.4, 0.5) is 0 Å². The van der Waals surface area contributed by atoms with E-state index in [-0.39, 0.29) is 12.5 Å². The van der Waals surface area contributed by atoms with Crippen LogP contribution in [0.5, 0.6) is 0 Å². The van der Waals surface area contributed by atoms with Gasteiger partial charge in [-0.15, -0.1) is 0 Å². The van der Waals surface area contributed by atoms with E-state index in [1.54, 1.807) is 23.1 Å². The van der Waals surface area contributed by atoms with Crippen molar-refractivity contribution in [1.82, 2.24) is 9.88 Å². The molecule has 1 aromatic heterocycles. The zero-order chi connectivity index (χ0) is 20.4. The van der Waals surface area contributed by atoms with Gasteiger partial charge in [0.05, 0.1) is 6.54 Å². The summed E-state index contributed by atoms with van der Waals surface area (Å²) in [6, 6.07) is 20.3. The van der Waals surface area contributed by atoms with Crippen LogP contribution in [0.1, 0.15) is 27.4 Å². The highest BCUT2D eigenvalue weighted by molar-refractivity contribution is 6.31. The molecule has 0 aliphatic heterocycles. The predicted octanol–water partition coefficient (Wildman–Crippen LogP) is 6.29. The van der Waals surface area contributed by atoms with E-state index >= 15 is 0 Å². The highest BCUT2D eigenvalue weighted by Crippen LogP contribution is 2.22. The Kier molecular flexibility index (Phi) is 5.56. The van der Waals surface area contributed by atoms with Gasteiger partial charge in [-0.3, -0.25) is 4.79 Å². The maximum absolute atomic E-state index is 13.3. The maximum atomic E-state index is 13.3. The first kappa shape index (κ1) is 19.5. The van der Waals surface area contributed by atoms with Crippen LogP contribution in [0.15, 0.2) is 71.1 Å². The van der Waals surface area contributed by atoms with Gasteiger partial charge < -0.3 is 9.32 Å². The smallest absolute Gasteiger partial charge is 0.254 e. The Morgan fingerprint density at radius 1 is 0.966 bits per heavy atom. The molecule has 0 fully saturated rings. The summed E-state index contributed by atoms with van der Waals surface area (Å²) in [4.78, 5) is 19.5. The van der Waals surface area contributed by atoms with E-state index in [1.165, 1.54) is 0 Å².